The van der Waals surface area contributed by atoms with E-state index in [1.54, 1.807) is 30.5 Å². The minimum Gasteiger partial charge on any atom is -0.449 e. The molecule has 1 amide bonds. The molecule has 27 heavy (non-hydrogen) atoms. The van der Waals surface area contributed by atoms with Crippen molar-refractivity contribution >= 4 is 39.5 Å². The number of anilines is 1. The Hall–Kier alpha value is -3.81. The van der Waals surface area contributed by atoms with E-state index in [1.165, 1.54) is 6.92 Å². The third kappa shape index (κ3) is 3.20. The molecule has 4 aromatic rings. The van der Waals surface area contributed by atoms with Gasteiger partial charge >= 0.3 is 11.7 Å². The maximum atomic E-state index is 12.4. The van der Waals surface area contributed by atoms with Crippen LogP contribution in [0.15, 0.2) is 53.5 Å². The van der Waals surface area contributed by atoms with Crippen LogP contribution in [0.3, 0.4) is 0 Å². The number of ether oxygens (including phenoxy) is 1. The summed E-state index contributed by atoms with van der Waals surface area (Å²) in [4.78, 5) is 44.3. The molecule has 4 N–H and O–H groups in total. The summed E-state index contributed by atoms with van der Waals surface area (Å²) in [6.45, 7) is 1.50. The highest BCUT2D eigenvalue weighted by atomic mass is 16.5. The number of nitrogens with one attached hydrogen (secondary N) is 4. The highest BCUT2D eigenvalue weighted by molar-refractivity contribution is 6.05. The van der Waals surface area contributed by atoms with Gasteiger partial charge in [0, 0.05) is 22.8 Å². The lowest BCUT2D eigenvalue weighted by Crippen LogP contribution is -2.29. The summed E-state index contributed by atoms with van der Waals surface area (Å²) >= 11 is 0. The summed E-state index contributed by atoms with van der Waals surface area (Å²) in [6.07, 6.45) is 0.570. The van der Waals surface area contributed by atoms with Crippen molar-refractivity contribution in [3.05, 3.63) is 64.7 Å². The number of benzene rings is 2. The zero-order valence-electron chi connectivity index (χ0n) is 14.3. The number of fused-ring (bicyclic) bond motifs is 2. The number of esters is 1. The third-order valence-corrected chi connectivity index (χ3v) is 4.25. The first-order chi connectivity index (χ1) is 13.0. The van der Waals surface area contributed by atoms with Crippen LogP contribution < -0.4 is 11.0 Å². The zero-order chi connectivity index (χ0) is 19.0. The predicted molar refractivity (Wildman–Crippen MR) is 101 cm³/mol. The Morgan fingerprint density at radius 3 is 2.67 bits per heavy atom. The first-order valence-electron chi connectivity index (χ1n) is 8.31. The largest absolute Gasteiger partial charge is 0.449 e. The van der Waals surface area contributed by atoms with Crippen molar-refractivity contribution in [2.45, 2.75) is 13.0 Å². The van der Waals surface area contributed by atoms with Gasteiger partial charge in [-0.3, -0.25) is 4.79 Å². The Bertz CT molecular complexity index is 1220. The molecule has 2 heterocycles. The second kappa shape index (κ2) is 6.49. The van der Waals surface area contributed by atoms with Crippen molar-refractivity contribution in [3.8, 4) is 0 Å². The van der Waals surface area contributed by atoms with Gasteiger partial charge in [0.1, 0.15) is 0 Å². The van der Waals surface area contributed by atoms with E-state index in [0.717, 1.165) is 10.9 Å². The quantitative estimate of drug-likeness (QED) is 0.416. The zero-order valence-corrected chi connectivity index (χ0v) is 14.3. The van der Waals surface area contributed by atoms with Crippen molar-refractivity contribution in [2.24, 2.45) is 0 Å². The van der Waals surface area contributed by atoms with Gasteiger partial charge in [-0.1, -0.05) is 18.2 Å². The van der Waals surface area contributed by atoms with Crippen LogP contribution in [0.1, 0.15) is 17.3 Å². The molecule has 0 aliphatic carbocycles. The Kier molecular flexibility index (Phi) is 4.00. The summed E-state index contributed by atoms with van der Waals surface area (Å²) in [5.41, 5.74) is 2.55. The van der Waals surface area contributed by atoms with Crippen LogP contribution in [-0.2, 0) is 9.53 Å². The van der Waals surface area contributed by atoms with Crippen molar-refractivity contribution in [3.63, 3.8) is 0 Å². The van der Waals surface area contributed by atoms with Gasteiger partial charge < -0.3 is 25.0 Å². The summed E-state index contributed by atoms with van der Waals surface area (Å²) in [7, 11) is 0. The number of hydrogen-bond acceptors (Lipinski definition) is 4. The molecular weight excluding hydrogens is 348 g/mol. The molecule has 0 unspecified atom stereocenters. The van der Waals surface area contributed by atoms with Crippen molar-refractivity contribution in [1.29, 1.82) is 0 Å². The van der Waals surface area contributed by atoms with Gasteiger partial charge in [-0.05, 0) is 31.2 Å². The van der Waals surface area contributed by atoms with Gasteiger partial charge in [0.25, 0.3) is 5.91 Å². The van der Waals surface area contributed by atoms with Gasteiger partial charge in [0.05, 0.1) is 16.6 Å². The van der Waals surface area contributed by atoms with Crippen LogP contribution in [0.2, 0.25) is 0 Å². The minimum atomic E-state index is -0.993. The minimum absolute atomic E-state index is 0.325. The molecule has 1 atom stereocenters. The molecule has 0 saturated carbocycles. The Labute approximate surface area is 152 Å². The predicted octanol–water partition coefficient (Wildman–Crippen LogP) is 2.52. The number of rotatable bonds is 4. The van der Waals surface area contributed by atoms with Crippen molar-refractivity contribution < 1.29 is 14.3 Å². The number of imidazole rings is 1. The summed E-state index contributed by atoms with van der Waals surface area (Å²) < 4.78 is 5.29. The Balaban J connectivity index is 1.46. The molecule has 8 nitrogen and oxygen atoms in total. The second-order valence-corrected chi connectivity index (χ2v) is 6.12. The Morgan fingerprint density at radius 1 is 1.04 bits per heavy atom. The molecule has 2 aromatic carbocycles. The molecule has 0 fully saturated rings. The lowest BCUT2D eigenvalue weighted by molar-refractivity contribution is -0.123. The normalized spacial score (nSPS) is 12.2. The molecule has 2 aromatic heterocycles. The maximum Gasteiger partial charge on any atom is 0.341 e. The summed E-state index contributed by atoms with van der Waals surface area (Å²) in [5.74, 6) is -1.05. The molecule has 0 aliphatic rings. The monoisotopic (exact) mass is 364 g/mol. The highest BCUT2D eigenvalue weighted by Gasteiger charge is 2.21. The van der Waals surface area contributed by atoms with Gasteiger partial charge in [0.15, 0.2) is 6.10 Å². The number of carbonyl (C=O) groups is 2. The fourth-order valence-electron chi connectivity index (χ4n) is 2.87. The van der Waals surface area contributed by atoms with Crippen LogP contribution in [0.25, 0.3) is 21.9 Å². The van der Waals surface area contributed by atoms with E-state index >= 15 is 0 Å². The topological polar surface area (TPSA) is 120 Å². The van der Waals surface area contributed by atoms with Crippen LogP contribution in [0, 0.1) is 0 Å². The van der Waals surface area contributed by atoms with Crippen LogP contribution in [0.5, 0.6) is 0 Å². The summed E-state index contributed by atoms with van der Waals surface area (Å²) in [6, 6.07) is 12.3. The number of aromatic amines is 3. The first kappa shape index (κ1) is 16.6. The molecule has 0 aliphatic heterocycles. The molecule has 0 bridgehead atoms. The SMILES string of the molecule is C[C@H](OC(=O)c1c[nH]c2ccccc12)C(=O)Nc1ccc2[nH]c(=O)[nH]c2c1. The first-order valence-corrected chi connectivity index (χ1v) is 8.31. The highest BCUT2D eigenvalue weighted by Crippen LogP contribution is 2.19. The van der Waals surface area contributed by atoms with Crippen LogP contribution in [0.4, 0.5) is 5.69 Å². The van der Waals surface area contributed by atoms with Crippen molar-refractivity contribution in [1.82, 2.24) is 15.0 Å². The number of amides is 1. The van der Waals surface area contributed by atoms with E-state index in [2.05, 4.69) is 20.3 Å². The molecule has 8 heteroatoms. The van der Waals surface area contributed by atoms with E-state index in [9.17, 15) is 14.4 Å². The summed E-state index contributed by atoms with van der Waals surface area (Å²) in [5, 5.41) is 3.40. The molecule has 4 rings (SSSR count). The van der Waals surface area contributed by atoms with E-state index in [-0.39, 0.29) is 5.69 Å². The van der Waals surface area contributed by atoms with Crippen molar-refractivity contribution in [2.75, 3.05) is 5.32 Å². The van der Waals surface area contributed by atoms with Crippen LogP contribution in [-0.4, -0.2) is 32.9 Å². The maximum absolute atomic E-state index is 12.4. The van der Waals surface area contributed by atoms with Gasteiger partial charge in [0.2, 0.25) is 0 Å². The van der Waals surface area contributed by atoms with Crippen LogP contribution >= 0.6 is 0 Å². The Morgan fingerprint density at radius 2 is 1.81 bits per heavy atom. The molecular formula is C19H16N4O4. The number of H-pyrrole nitrogens is 3. The van der Waals surface area contributed by atoms with E-state index in [0.29, 0.717) is 22.3 Å². The average molecular weight is 364 g/mol. The number of hydrogen-bond donors (Lipinski definition) is 4. The lowest BCUT2D eigenvalue weighted by Gasteiger charge is -2.13. The van der Waals surface area contributed by atoms with E-state index < -0.39 is 18.0 Å². The fraction of sp³-hybridized carbons (Fsp3) is 0.105. The van der Waals surface area contributed by atoms with Gasteiger partial charge in [-0.2, -0.15) is 0 Å². The molecule has 136 valence electrons. The third-order valence-electron chi connectivity index (χ3n) is 4.25. The molecule has 0 radical (unpaired) electrons. The van der Waals surface area contributed by atoms with Gasteiger partial charge in [-0.15, -0.1) is 0 Å². The smallest absolute Gasteiger partial charge is 0.341 e. The average Bonchev–Trinajstić information content (AvgIpc) is 3.23. The molecule has 0 spiro atoms. The lowest BCUT2D eigenvalue weighted by atomic mass is 10.2. The molecule has 0 saturated heterocycles. The number of carbonyl (C=O) groups excluding carboxylic acids is 2. The number of aromatic nitrogens is 3. The van der Waals surface area contributed by atoms with E-state index in [1.807, 2.05) is 18.2 Å². The standard InChI is InChI=1S/C19H16N4O4/c1-10(27-18(25)13-9-20-14-5-3-2-4-12(13)14)17(24)21-11-6-7-15-16(8-11)23-19(26)22-15/h2-10,20H,1H3,(H,21,24)(H2,22,23,26)/t10-/m0/s1. The number of para-hydroxylation sites is 1. The second-order valence-electron chi connectivity index (χ2n) is 6.12. The van der Waals surface area contributed by atoms with Gasteiger partial charge in [-0.25, -0.2) is 9.59 Å². The fourth-order valence-corrected chi connectivity index (χ4v) is 2.87. The van der Waals surface area contributed by atoms with E-state index in [4.69, 9.17) is 4.74 Å².